The molecule has 0 unspecified atom stereocenters. The molecular formula is C24H46O8. The van der Waals surface area contributed by atoms with Crippen LogP contribution in [0.1, 0.15) is 78.1 Å². The predicted molar refractivity (Wildman–Crippen MR) is 123 cm³/mol. The van der Waals surface area contributed by atoms with Crippen LogP contribution in [0.15, 0.2) is 0 Å². The van der Waals surface area contributed by atoms with Gasteiger partial charge in [0.1, 0.15) is 6.61 Å². The van der Waals surface area contributed by atoms with Gasteiger partial charge < -0.3 is 28.4 Å². The van der Waals surface area contributed by atoms with E-state index in [1.165, 1.54) is 19.3 Å². The first-order valence-corrected chi connectivity index (χ1v) is 12.3. The lowest BCUT2D eigenvalue weighted by molar-refractivity contribution is -0.147. The van der Waals surface area contributed by atoms with E-state index in [1.807, 2.05) is 13.8 Å². The molecule has 8 heteroatoms. The highest BCUT2D eigenvalue weighted by molar-refractivity contribution is 5.70. The van der Waals surface area contributed by atoms with Crippen LogP contribution in [-0.2, 0) is 38.0 Å². The molecule has 0 heterocycles. The van der Waals surface area contributed by atoms with E-state index >= 15 is 0 Å². The van der Waals surface area contributed by atoms with Crippen LogP contribution in [0, 0.1) is 0 Å². The van der Waals surface area contributed by atoms with Gasteiger partial charge in [0.05, 0.1) is 39.6 Å². The van der Waals surface area contributed by atoms with Crippen molar-refractivity contribution in [3.63, 3.8) is 0 Å². The van der Waals surface area contributed by atoms with Crippen LogP contribution in [0.3, 0.4) is 0 Å². The Balaban J connectivity index is 3.29. The van der Waals surface area contributed by atoms with Gasteiger partial charge in [0, 0.05) is 32.7 Å². The monoisotopic (exact) mass is 462 g/mol. The zero-order valence-electron chi connectivity index (χ0n) is 20.4. The summed E-state index contributed by atoms with van der Waals surface area (Å²) in [5.41, 5.74) is 0. The minimum Gasteiger partial charge on any atom is -0.466 e. The Hall–Kier alpha value is -1.22. The summed E-state index contributed by atoms with van der Waals surface area (Å²) in [6.07, 6.45) is 8.56. The Morgan fingerprint density at radius 1 is 0.438 bits per heavy atom. The molecule has 0 saturated carbocycles. The molecule has 0 radical (unpaired) electrons. The van der Waals surface area contributed by atoms with Gasteiger partial charge in [-0.3, -0.25) is 9.59 Å². The fraction of sp³-hybridized carbons (Fsp3) is 0.917. The maximum absolute atomic E-state index is 11.7. The number of rotatable bonds is 25. The summed E-state index contributed by atoms with van der Waals surface area (Å²) >= 11 is 0. The van der Waals surface area contributed by atoms with Crippen molar-refractivity contribution in [1.82, 2.24) is 0 Å². The third-order valence-electron chi connectivity index (χ3n) is 4.60. The summed E-state index contributed by atoms with van der Waals surface area (Å²) < 4.78 is 31.4. The van der Waals surface area contributed by atoms with Gasteiger partial charge in [0.25, 0.3) is 0 Å². The molecule has 0 spiro atoms. The first-order chi connectivity index (χ1) is 15.7. The molecule has 0 fully saturated rings. The van der Waals surface area contributed by atoms with Gasteiger partial charge in [-0.25, -0.2) is 0 Å². The van der Waals surface area contributed by atoms with Crippen molar-refractivity contribution < 1.29 is 38.0 Å². The second-order valence-electron chi connectivity index (χ2n) is 7.39. The number of unbranched alkanes of at least 4 members (excludes halogenated alkanes) is 6. The summed E-state index contributed by atoms with van der Waals surface area (Å²) in [7, 11) is 0. The minimum absolute atomic E-state index is 0.188. The van der Waals surface area contributed by atoms with E-state index < -0.39 is 0 Å². The fourth-order valence-corrected chi connectivity index (χ4v) is 2.83. The standard InChI is InChI=1S/C24H46O8/c1-3-27-15-11-7-5-6-8-12-16-31-23(25)13-9-10-14-24(26)32-22-21-30-20-19-29-18-17-28-4-2/h3-22H2,1-2H3. The third kappa shape index (κ3) is 25.0. The van der Waals surface area contributed by atoms with Crippen LogP contribution in [0.2, 0.25) is 0 Å². The quantitative estimate of drug-likeness (QED) is 0.148. The van der Waals surface area contributed by atoms with Gasteiger partial charge in [-0.05, 0) is 39.5 Å². The normalized spacial score (nSPS) is 10.9. The van der Waals surface area contributed by atoms with Crippen LogP contribution in [0.5, 0.6) is 0 Å². The van der Waals surface area contributed by atoms with E-state index in [0.717, 1.165) is 32.5 Å². The van der Waals surface area contributed by atoms with E-state index in [1.54, 1.807) is 0 Å². The van der Waals surface area contributed by atoms with Crippen LogP contribution in [0.4, 0.5) is 0 Å². The largest absolute Gasteiger partial charge is 0.466 e. The van der Waals surface area contributed by atoms with Crippen LogP contribution >= 0.6 is 0 Å². The fourth-order valence-electron chi connectivity index (χ4n) is 2.83. The number of carbonyl (C=O) groups is 2. The number of esters is 2. The number of carbonyl (C=O) groups excluding carboxylic acids is 2. The summed E-state index contributed by atoms with van der Waals surface area (Å²) in [5.74, 6) is -0.455. The van der Waals surface area contributed by atoms with Gasteiger partial charge in [-0.2, -0.15) is 0 Å². The lowest BCUT2D eigenvalue weighted by Gasteiger charge is -2.07. The lowest BCUT2D eigenvalue weighted by atomic mass is 10.1. The summed E-state index contributed by atoms with van der Waals surface area (Å²) in [6.45, 7) is 9.43. The molecule has 0 aromatic heterocycles. The highest BCUT2D eigenvalue weighted by Gasteiger charge is 2.06. The average molecular weight is 463 g/mol. The Morgan fingerprint density at radius 3 is 1.41 bits per heavy atom. The van der Waals surface area contributed by atoms with Gasteiger partial charge >= 0.3 is 11.9 Å². The van der Waals surface area contributed by atoms with E-state index in [0.29, 0.717) is 71.9 Å². The molecule has 0 saturated heterocycles. The molecule has 0 rings (SSSR count). The first-order valence-electron chi connectivity index (χ1n) is 12.3. The molecule has 0 bridgehead atoms. The zero-order valence-corrected chi connectivity index (χ0v) is 20.4. The lowest BCUT2D eigenvalue weighted by Crippen LogP contribution is -2.14. The van der Waals surface area contributed by atoms with Gasteiger partial charge in [0.15, 0.2) is 0 Å². The molecule has 0 aliphatic heterocycles. The van der Waals surface area contributed by atoms with Crippen molar-refractivity contribution in [2.24, 2.45) is 0 Å². The molecule has 0 aromatic carbocycles. The van der Waals surface area contributed by atoms with Crippen molar-refractivity contribution in [2.75, 3.05) is 66.1 Å². The predicted octanol–water partition coefficient (Wildman–Crippen LogP) is 4.08. The van der Waals surface area contributed by atoms with E-state index in [4.69, 9.17) is 28.4 Å². The van der Waals surface area contributed by atoms with Crippen LogP contribution in [0.25, 0.3) is 0 Å². The molecule has 32 heavy (non-hydrogen) atoms. The van der Waals surface area contributed by atoms with Crippen molar-refractivity contribution >= 4 is 11.9 Å². The third-order valence-corrected chi connectivity index (χ3v) is 4.60. The molecule has 190 valence electrons. The maximum Gasteiger partial charge on any atom is 0.305 e. The van der Waals surface area contributed by atoms with Crippen molar-refractivity contribution in [3.8, 4) is 0 Å². The SMILES string of the molecule is CCOCCCCCCCCOC(=O)CCCCC(=O)OCCOCCOCCOCC. The molecule has 0 N–H and O–H groups in total. The number of ether oxygens (including phenoxy) is 6. The molecule has 0 aromatic rings. The van der Waals surface area contributed by atoms with E-state index in [9.17, 15) is 9.59 Å². The van der Waals surface area contributed by atoms with Crippen LogP contribution < -0.4 is 0 Å². The second kappa shape index (κ2) is 26.0. The van der Waals surface area contributed by atoms with Crippen molar-refractivity contribution in [1.29, 1.82) is 0 Å². The maximum atomic E-state index is 11.7. The molecule has 0 aliphatic carbocycles. The van der Waals surface area contributed by atoms with Gasteiger partial charge in [-0.1, -0.05) is 25.7 Å². The Labute approximate surface area is 194 Å². The topological polar surface area (TPSA) is 89.5 Å². The summed E-state index contributed by atoms with van der Waals surface area (Å²) in [4.78, 5) is 23.4. The molecule has 0 amide bonds. The molecule has 0 aliphatic rings. The van der Waals surface area contributed by atoms with Gasteiger partial charge in [0.2, 0.25) is 0 Å². The highest BCUT2D eigenvalue weighted by Crippen LogP contribution is 2.07. The Kier molecular flexibility index (Phi) is 25.0. The minimum atomic E-state index is -0.267. The second-order valence-corrected chi connectivity index (χ2v) is 7.39. The van der Waals surface area contributed by atoms with Gasteiger partial charge in [-0.15, -0.1) is 0 Å². The van der Waals surface area contributed by atoms with Crippen molar-refractivity contribution in [2.45, 2.75) is 78.1 Å². The van der Waals surface area contributed by atoms with E-state index in [-0.39, 0.29) is 18.5 Å². The zero-order chi connectivity index (χ0) is 23.5. The van der Waals surface area contributed by atoms with E-state index in [2.05, 4.69) is 0 Å². The molecule has 8 nitrogen and oxygen atoms in total. The first kappa shape index (κ1) is 30.8. The Bertz CT molecular complexity index is 379. The molecular weight excluding hydrogens is 416 g/mol. The summed E-state index contributed by atoms with van der Waals surface area (Å²) in [6, 6.07) is 0. The van der Waals surface area contributed by atoms with Crippen LogP contribution in [-0.4, -0.2) is 78.0 Å². The highest BCUT2D eigenvalue weighted by atomic mass is 16.6. The number of hydrogen-bond donors (Lipinski definition) is 0. The van der Waals surface area contributed by atoms with Crippen molar-refractivity contribution in [3.05, 3.63) is 0 Å². The smallest absolute Gasteiger partial charge is 0.305 e. The Morgan fingerprint density at radius 2 is 0.844 bits per heavy atom. The summed E-state index contributed by atoms with van der Waals surface area (Å²) in [5, 5.41) is 0. The number of hydrogen-bond acceptors (Lipinski definition) is 8. The average Bonchev–Trinajstić information content (AvgIpc) is 2.79. The molecule has 0 atom stereocenters.